The van der Waals surface area contributed by atoms with Crippen LogP contribution in [-0.2, 0) is 29.9 Å². The highest BCUT2D eigenvalue weighted by molar-refractivity contribution is 7.46. The maximum atomic E-state index is 13.9. The summed E-state index contributed by atoms with van der Waals surface area (Å²) in [6.07, 6.45) is -0.692. The summed E-state index contributed by atoms with van der Waals surface area (Å²) < 4.78 is 39.7. The number of phosphoric ester groups is 1. The molecular weight excluding hydrogens is 586 g/mol. The summed E-state index contributed by atoms with van der Waals surface area (Å²) in [5, 5.41) is 15.1. The number of benzene rings is 2. The van der Waals surface area contributed by atoms with Gasteiger partial charge in [0.1, 0.15) is 30.4 Å². The molecule has 1 aromatic heterocycles. The standard InChI is InChI=1S/C25H29ClFN4O9P/c1-16(32)31(29-11-19-7-4-8-22(27)24(19)26)20(12-38-14-21(33)15-40-41(35,36)37)13-39-25(34)30-23-9-17-5-2-3-6-18(17)10-28-23/h2-10,20-21,29,33H,11-15H2,1H3,(H,28,30,34)(H2,35,36,37)/t20-,21+/m0/s1. The van der Waals surface area contributed by atoms with Crippen LogP contribution in [0, 0.1) is 5.82 Å². The van der Waals surface area contributed by atoms with Crippen molar-refractivity contribution in [3.8, 4) is 0 Å². The molecule has 3 aromatic rings. The van der Waals surface area contributed by atoms with Crippen LogP contribution >= 0.6 is 19.4 Å². The molecule has 1 heterocycles. The number of amides is 2. The van der Waals surface area contributed by atoms with E-state index in [9.17, 15) is 23.7 Å². The molecule has 0 aliphatic heterocycles. The average Bonchev–Trinajstić information content (AvgIpc) is 2.91. The molecule has 0 bridgehead atoms. The van der Waals surface area contributed by atoms with Crippen molar-refractivity contribution in [2.75, 3.05) is 31.7 Å². The molecule has 5 N–H and O–H groups in total. The summed E-state index contributed by atoms with van der Waals surface area (Å²) in [7, 11) is -4.80. The summed E-state index contributed by atoms with van der Waals surface area (Å²) in [6, 6.07) is 12.3. The molecule has 41 heavy (non-hydrogen) atoms. The second-order valence-corrected chi connectivity index (χ2v) is 10.3. The Kier molecular flexibility index (Phi) is 11.9. The topological polar surface area (TPSA) is 180 Å². The highest BCUT2D eigenvalue weighted by atomic mass is 35.5. The molecule has 0 radical (unpaired) electrons. The van der Waals surface area contributed by atoms with Crippen molar-refractivity contribution in [2.45, 2.75) is 25.6 Å². The zero-order chi connectivity index (χ0) is 30.0. The van der Waals surface area contributed by atoms with Crippen LogP contribution in [0.4, 0.5) is 15.0 Å². The van der Waals surface area contributed by atoms with Crippen LogP contribution in [0.2, 0.25) is 5.02 Å². The minimum atomic E-state index is -4.80. The summed E-state index contributed by atoms with van der Waals surface area (Å²) in [4.78, 5) is 46.8. The highest BCUT2D eigenvalue weighted by Crippen LogP contribution is 2.35. The van der Waals surface area contributed by atoms with Crippen LogP contribution in [-0.4, -0.2) is 75.5 Å². The number of anilines is 1. The van der Waals surface area contributed by atoms with Crippen LogP contribution in [0.5, 0.6) is 0 Å². The lowest BCUT2D eigenvalue weighted by Crippen LogP contribution is -2.52. The fourth-order valence-electron chi connectivity index (χ4n) is 3.59. The smallest absolute Gasteiger partial charge is 0.447 e. The van der Waals surface area contributed by atoms with Gasteiger partial charge >= 0.3 is 13.9 Å². The third kappa shape index (κ3) is 10.6. The van der Waals surface area contributed by atoms with Crippen molar-refractivity contribution in [1.82, 2.24) is 15.4 Å². The van der Waals surface area contributed by atoms with Crippen LogP contribution in [0.25, 0.3) is 10.8 Å². The van der Waals surface area contributed by atoms with Gasteiger partial charge in [0, 0.05) is 25.1 Å². The first kappa shape index (κ1) is 32.3. The molecule has 222 valence electrons. The maximum Gasteiger partial charge on any atom is 0.469 e. The van der Waals surface area contributed by atoms with Gasteiger partial charge < -0.3 is 24.4 Å². The minimum absolute atomic E-state index is 0.0708. The molecule has 0 aliphatic rings. The van der Waals surface area contributed by atoms with Gasteiger partial charge in [-0.15, -0.1) is 0 Å². The summed E-state index contributed by atoms with van der Waals surface area (Å²) in [6.45, 7) is -0.659. The zero-order valence-electron chi connectivity index (χ0n) is 21.8. The molecule has 2 aromatic carbocycles. The predicted molar refractivity (Wildman–Crippen MR) is 146 cm³/mol. The molecule has 0 unspecified atom stereocenters. The van der Waals surface area contributed by atoms with Gasteiger partial charge in [0.05, 0.1) is 24.8 Å². The Hall–Kier alpha value is -3.20. The van der Waals surface area contributed by atoms with E-state index in [1.165, 1.54) is 19.1 Å². The number of carbonyl (C=O) groups is 2. The number of nitrogens with zero attached hydrogens (tertiary/aromatic N) is 2. The fraction of sp³-hybridized carbons (Fsp3) is 0.320. The second-order valence-electron chi connectivity index (χ2n) is 8.71. The van der Waals surface area contributed by atoms with Crippen molar-refractivity contribution in [1.29, 1.82) is 0 Å². The van der Waals surface area contributed by atoms with E-state index in [0.29, 0.717) is 5.56 Å². The van der Waals surface area contributed by atoms with E-state index in [1.54, 1.807) is 18.3 Å². The molecule has 2 atom stereocenters. The molecule has 16 heteroatoms. The van der Waals surface area contributed by atoms with Crippen LogP contribution in [0.15, 0.2) is 54.7 Å². The minimum Gasteiger partial charge on any atom is -0.447 e. The van der Waals surface area contributed by atoms with E-state index in [1.807, 2.05) is 24.3 Å². The van der Waals surface area contributed by atoms with Gasteiger partial charge in [-0.3, -0.25) is 19.6 Å². The number of hydrogen-bond acceptors (Lipinski definition) is 9. The zero-order valence-corrected chi connectivity index (χ0v) is 23.4. The fourth-order valence-corrected chi connectivity index (χ4v) is 4.14. The third-order valence-corrected chi connectivity index (χ3v) is 6.41. The first-order valence-electron chi connectivity index (χ1n) is 12.1. The Labute approximate surface area is 239 Å². The van der Waals surface area contributed by atoms with Crippen molar-refractivity contribution < 1.29 is 47.4 Å². The number of nitrogens with one attached hydrogen (secondary N) is 2. The second kappa shape index (κ2) is 15.1. The van der Waals surface area contributed by atoms with Crippen LogP contribution < -0.4 is 10.7 Å². The molecule has 2 amide bonds. The number of aliphatic hydroxyl groups excluding tert-OH is 1. The number of fused-ring (bicyclic) bond motifs is 1. The van der Waals surface area contributed by atoms with E-state index in [-0.39, 0.29) is 24.0 Å². The van der Waals surface area contributed by atoms with Crippen molar-refractivity contribution in [3.05, 3.63) is 71.1 Å². The number of aromatic nitrogens is 1. The number of carbonyl (C=O) groups excluding carboxylic acids is 2. The van der Waals surface area contributed by atoms with E-state index < -0.39 is 57.6 Å². The van der Waals surface area contributed by atoms with E-state index in [0.717, 1.165) is 15.8 Å². The Bertz CT molecular complexity index is 1400. The molecule has 0 spiro atoms. The lowest BCUT2D eigenvalue weighted by atomic mass is 10.2. The normalized spacial score (nSPS) is 13.0. The predicted octanol–water partition coefficient (Wildman–Crippen LogP) is 2.98. The maximum absolute atomic E-state index is 13.9. The quantitative estimate of drug-likeness (QED) is 0.133. The highest BCUT2D eigenvalue weighted by Gasteiger charge is 2.25. The van der Waals surface area contributed by atoms with Gasteiger partial charge in [-0.2, -0.15) is 0 Å². The number of phosphoric acid groups is 1. The lowest BCUT2D eigenvalue weighted by molar-refractivity contribution is -0.139. The molecule has 0 saturated carbocycles. The molecule has 3 rings (SSSR count). The van der Waals surface area contributed by atoms with Gasteiger partial charge in [-0.25, -0.2) is 24.2 Å². The number of hydrazine groups is 1. The largest absolute Gasteiger partial charge is 0.469 e. The Balaban J connectivity index is 1.66. The van der Waals surface area contributed by atoms with Crippen molar-refractivity contribution >= 4 is 48.0 Å². The average molecular weight is 615 g/mol. The van der Waals surface area contributed by atoms with Gasteiger partial charge in [0.2, 0.25) is 5.91 Å². The van der Waals surface area contributed by atoms with Crippen LogP contribution in [0.1, 0.15) is 12.5 Å². The van der Waals surface area contributed by atoms with Crippen molar-refractivity contribution in [2.24, 2.45) is 0 Å². The Morgan fingerprint density at radius 3 is 2.54 bits per heavy atom. The van der Waals surface area contributed by atoms with E-state index in [2.05, 4.69) is 20.3 Å². The Morgan fingerprint density at radius 1 is 1.10 bits per heavy atom. The summed E-state index contributed by atoms with van der Waals surface area (Å²) in [5.74, 6) is -0.928. The number of halogens is 2. The number of ether oxygens (including phenoxy) is 2. The number of pyridine rings is 1. The monoisotopic (exact) mass is 614 g/mol. The molecule has 0 aliphatic carbocycles. The van der Waals surface area contributed by atoms with Crippen LogP contribution in [0.3, 0.4) is 0 Å². The van der Waals surface area contributed by atoms with Gasteiger partial charge in [0.25, 0.3) is 0 Å². The third-order valence-electron chi connectivity index (χ3n) is 5.50. The number of hydrogen-bond donors (Lipinski definition) is 5. The van der Waals surface area contributed by atoms with Gasteiger partial charge in [0.15, 0.2) is 0 Å². The number of rotatable bonds is 14. The molecule has 0 fully saturated rings. The van der Waals surface area contributed by atoms with E-state index in [4.69, 9.17) is 30.9 Å². The summed E-state index contributed by atoms with van der Waals surface area (Å²) in [5.41, 5.74) is 3.17. The Morgan fingerprint density at radius 2 is 1.83 bits per heavy atom. The molecule has 0 saturated heterocycles. The first-order chi connectivity index (χ1) is 19.4. The number of aliphatic hydroxyl groups is 1. The lowest BCUT2D eigenvalue weighted by Gasteiger charge is -2.31. The van der Waals surface area contributed by atoms with Gasteiger partial charge in [-0.05, 0) is 23.1 Å². The summed E-state index contributed by atoms with van der Waals surface area (Å²) >= 11 is 6.01. The SMILES string of the molecule is CC(=O)N(NCc1cccc(F)c1Cl)[C@@H](COC[C@@H](O)COP(=O)(O)O)COC(=O)Nc1cc2ccccc2cn1. The first-order valence-corrected chi connectivity index (χ1v) is 14.0. The van der Waals surface area contributed by atoms with Crippen molar-refractivity contribution in [3.63, 3.8) is 0 Å². The molecule has 13 nitrogen and oxygen atoms in total. The molecular formula is C25H29ClFN4O9P. The van der Waals surface area contributed by atoms with E-state index >= 15 is 0 Å². The van der Waals surface area contributed by atoms with Gasteiger partial charge in [-0.1, -0.05) is 48.0 Å².